The summed E-state index contributed by atoms with van der Waals surface area (Å²) in [6, 6.07) is 6.90. The predicted octanol–water partition coefficient (Wildman–Crippen LogP) is 2.49. The molecule has 3 rings (SSSR count). The molecule has 102 valence electrons. The number of aryl methyl sites for hydroxylation is 1. The van der Waals surface area contributed by atoms with E-state index in [1.54, 1.807) is 0 Å². The van der Waals surface area contributed by atoms with Gasteiger partial charge in [-0.3, -0.25) is 0 Å². The van der Waals surface area contributed by atoms with E-state index in [2.05, 4.69) is 59.9 Å². The molecule has 2 aromatic rings. The SMILES string of the molecule is CN(C)CCc1cn(C)c2ccc(N3CCC3)cc12. The smallest absolute Gasteiger partial charge is 0.0482 e. The summed E-state index contributed by atoms with van der Waals surface area (Å²) in [5.74, 6) is 0. The topological polar surface area (TPSA) is 11.4 Å². The van der Waals surface area contributed by atoms with Crippen molar-refractivity contribution >= 4 is 16.6 Å². The number of nitrogens with zero attached hydrogens (tertiary/aromatic N) is 3. The molecule has 2 heterocycles. The van der Waals surface area contributed by atoms with Gasteiger partial charge in [0.15, 0.2) is 0 Å². The molecule has 1 aromatic carbocycles. The van der Waals surface area contributed by atoms with Gasteiger partial charge >= 0.3 is 0 Å². The molecule has 1 aliphatic rings. The van der Waals surface area contributed by atoms with Crippen LogP contribution in [-0.4, -0.2) is 43.2 Å². The van der Waals surface area contributed by atoms with Crippen molar-refractivity contribution in [1.82, 2.24) is 9.47 Å². The number of fused-ring (bicyclic) bond motifs is 1. The number of hydrogen-bond donors (Lipinski definition) is 0. The van der Waals surface area contributed by atoms with Crippen molar-refractivity contribution in [2.45, 2.75) is 12.8 Å². The normalized spacial score (nSPS) is 15.3. The number of likely N-dealkylation sites (N-methyl/N-ethyl adjacent to an activating group) is 1. The van der Waals surface area contributed by atoms with E-state index in [-0.39, 0.29) is 0 Å². The van der Waals surface area contributed by atoms with E-state index in [1.807, 2.05) is 0 Å². The molecule has 0 N–H and O–H groups in total. The first kappa shape index (κ1) is 12.5. The lowest BCUT2D eigenvalue weighted by molar-refractivity contribution is 0.414. The van der Waals surface area contributed by atoms with Crippen molar-refractivity contribution in [2.24, 2.45) is 7.05 Å². The van der Waals surface area contributed by atoms with Crippen LogP contribution >= 0.6 is 0 Å². The van der Waals surface area contributed by atoms with Gasteiger partial charge in [-0.1, -0.05) is 0 Å². The lowest BCUT2D eigenvalue weighted by Gasteiger charge is -2.33. The third-order valence-corrected chi connectivity index (χ3v) is 4.11. The fourth-order valence-electron chi connectivity index (χ4n) is 2.78. The highest BCUT2D eigenvalue weighted by Crippen LogP contribution is 2.28. The molecule has 19 heavy (non-hydrogen) atoms. The summed E-state index contributed by atoms with van der Waals surface area (Å²) in [6.07, 6.45) is 4.74. The number of rotatable bonds is 4. The summed E-state index contributed by atoms with van der Waals surface area (Å²) in [7, 11) is 6.41. The van der Waals surface area contributed by atoms with E-state index in [4.69, 9.17) is 0 Å². The lowest BCUT2D eigenvalue weighted by Crippen LogP contribution is -2.36. The molecule has 1 fully saturated rings. The molecule has 0 bridgehead atoms. The Morgan fingerprint density at radius 1 is 1.21 bits per heavy atom. The second-order valence-corrected chi connectivity index (χ2v) is 5.86. The third kappa shape index (κ3) is 2.35. The number of hydrogen-bond acceptors (Lipinski definition) is 2. The second kappa shape index (κ2) is 4.89. The van der Waals surface area contributed by atoms with Crippen molar-refractivity contribution in [3.63, 3.8) is 0 Å². The van der Waals surface area contributed by atoms with Crippen LogP contribution in [0.15, 0.2) is 24.4 Å². The van der Waals surface area contributed by atoms with Gasteiger partial charge in [0, 0.05) is 49.5 Å². The first-order valence-corrected chi connectivity index (χ1v) is 7.13. The van der Waals surface area contributed by atoms with E-state index in [0.717, 1.165) is 13.0 Å². The zero-order valence-electron chi connectivity index (χ0n) is 12.2. The summed E-state index contributed by atoms with van der Waals surface area (Å²) >= 11 is 0. The quantitative estimate of drug-likeness (QED) is 0.833. The Bertz CT molecular complexity index is 579. The van der Waals surface area contributed by atoms with Crippen molar-refractivity contribution in [2.75, 3.05) is 38.6 Å². The Balaban J connectivity index is 1.96. The molecule has 3 heteroatoms. The van der Waals surface area contributed by atoms with E-state index < -0.39 is 0 Å². The maximum Gasteiger partial charge on any atom is 0.0482 e. The molecule has 3 nitrogen and oxygen atoms in total. The van der Waals surface area contributed by atoms with E-state index in [1.165, 1.54) is 41.7 Å². The van der Waals surface area contributed by atoms with Crippen LogP contribution in [0.1, 0.15) is 12.0 Å². The summed E-state index contributed by atoms with van der Waals surface area (Å²) in [5.41, 5.74) is 4.20. The van der Waals surface area contributed by atoms with Crippen LogP contribution in [0.2, 0.25) is 0 Å². The van der Waals surface area contributed by atoms with E-state index in [9.17, 15) is 0 Å². The van der Waals surface area contributed by atoms with Gasteiger partial charge in [0.25, 0.3) is 0 Å². The largest absolute Gasteiger partial charge is 0.371 e. The molecule has 0 spiro atoms. The minimum atomic E-state index is 1.10. The molecule has 0 amide bonds. The van der Waals surface area contributed by atoms with Crippen LogP contribution in [0.25, 0.3) is 10.9 Å². The highest BCUT2D eigenvalue weighted by molar-refractivity contribution is 5.87. The van der Waals surface area contributed by atoms with Gasteiger partial charge in [-0.15, -0.1) is 0 Å². The maximum atomic E-state index is 2.46. The van der Waals surface area contributed by atoms with Crippen LogP contribution in [0, 0.1) is 0 Å². The third-order valence-electron chi connectivity index (χ3n) is 4.11. The van der Waals surface area contributed by atoms with Gasteiger partial charge in [-0.05, 0) is 50.7 Å². The predicted molar refractivity (Wildman–Crippen MR) is 82.0 cm³/mol. The molecule has 0 unspecified atom stereocenters. The van der Waals surface area contributed by atoms with Crippen molar-refractivity contribution < 1.29 is 0 Å². The average Bonchev–Trinajstić information content (AvgIpc) is 2.61. The van der Waals surface area contributed by atoms with Gasteiger partial charge in [0.2, 0.25) is 0 Å². The monoisotopic (exact) mass is 257 g/mol. The Morgan fingerprint density at radius 2 is 2.00 bits per heavy atom. The minimum Gasteiger partial charge on any atom is -0.371 e. The first-order valence-electron chi connectivity index (χ1n) is 7.13. The number of benzene rings is 1. The maximum absolute atomic E-state index is 2.46. The minimum absolute atomic E-state index is 1.10. The molecular weight excluding hydrogens is 234 g/mol. The first-order chi connectivity index (χ1) is 9.15. The van der Waals surface area contributed by atoms with Gasteiger partial charge in [0.1, 0.15) is 0 Å². The number of aromatic nitrogens is 1. The zero-order valence-corrected chi connectivity index (χ0v) is 12.2. The van der Waals surface area contributed by atoms with Gasteiger partial charge < -0.3 is 14.4 Å². The molecule has 0 saturated carbocycles. The Morgan fingerprint density at radius 3 is 2.63 bits per heavy atom. The van der Waals surface area contributed by atoms with Crippen LogP contribution in [0.5, 0.6) is 0 Å². The second-order valence-electron chi connectivity index (χ2n) is 5.86. The number of anilines is 1. The molecular formula is C16H23N3. The lowest BCUT2D eigenvalue weighted by atomic mass is 10.1. The molecule has 1 aromatic heterocycles. The van der Waals surface area contributed by atoms with Crippen LogP contribution in [0.3, 0.4) is 0 Å². The summed E-state index contributed by atoms with van der Waals surface area (Å²) in [6.45, 7) is 3.53. The van der Waals surface area contributed by atoms with Crippen LogP contribution < -0.4 is 4.90 Å². The molecule has 1 saturated heterocycles. The van der Waals surface area contributed by atoms with Gasteiger partial charge in [0.05, 0.1) is 0 Å². The van der Waals surface area contributed by atoms with Crippen molar-refractivity contribution in [1.29, 1.82) is 0 Å². The summed E-state index contributed by atoms with van der Waals surface area (Å²) in [5, 5.41) is 1.42. The fourth-order valence-corrected chi connectivity index (χ4v) is 2.78. The highest BCUT2D eigenvalue weighted by atomic mass is 15.2. The zero-order chi connectivity index (χ0) is 13.4. The van der Waals surface area contributed by atoms with Gasteiger partial charge in [-0.2, -0.15) is 0 Å². The molecule has 0 radical (unpaired) electrons. The summed E-state index contributed by atoms with van der Waals surface area (Å²) in [4.78, 5) is 4.71. The molecule has 0 atom stereocenters. The van der Waals surface area contributed by atoms with E-state index in [0.29, 0.717) is 0 Å². The summed E-state index contributed by atoms with van der Waals surface area (Å²) < 4.78 is 2.25. The highest BCUT2D eigenvalue weighted by Gasteiger charge is 2.16. The average molecular weight is 257 g/mol. The van der Waals surface area contributed by atoms with E-state index >= 15 is 0 Å². The van der Waals surface area contributed by atoms with Crippen LogP contribution in [0.4, 0.5) is 5.69 Å². The van der Waals surface area contributed by atoms with Crippen LogP contribution in [-0.2, 0) is 13.5 Å². The standard InChI is InChI=1S/C16H23N3/c1-17(2)10-7-13-12-18(3)16-6-5-14(11-15(13)16)19-8-4-9-19/h5-6,11-12H,4,7-10H2,1-3H3. The van der Waals surface area contributed by atoms with Gasteiger partial charge in [-0.25, -0.2) is 0 Å². The fraction of sp³-hybridized carbons (Fsp3) is 0.500. The molecule has 1 aliphatic heterocycles. The Labute approximate surface area is 115 Å². The van der Waals surface area contributed by atoms with Crippen molar-refractivity contribution in [3.05, 3.63) is 30.0 Å². The Kier molecular flexibility index (Phi) is 3.23. The molecule has 0 aliphatic carbocycles. The van der Waals surface area contributed by atoms with Crippen molar-refractivity contribution in [3.8, 4) is 0 Å². The Hall–Kier alpha value is -1.48.